The molecule has 0 heterocycles. The van der Waals surface area contributed by atoms with E-state index in [9.17, 15) is 9.59 Å². The van der Waals surface area contributed by atoms with Gasteiger partial charge in [0.1, 0.15) is 5.78 Å². The summed E-state index contributed by atoms with van der Waals surface area (Å²) in [6, 6.07) is 0. The van der Waals surface area contributed by atoms with Gasteiger partial charge < -0.3 is 0 Å². The van der Waals surface area contributed by atoms with E-state index in [0.29, 0.717) is 56.9 Å². The van der Waals surface area contributed by atoms with Crippen LogP contribution in [0, 0.1) is 57.2 Å². The molecular formula is C29H44O2. The van der Waals surface area contributed by atoms with Crippen molar-refractivity contribution in [1.82, 2.24) is 0 Å². The van der Waals surface area contributed by atoms with E-state index in [4.69, 9.17) is 0 Å². The van der Waals surface area contributed by atoms with E-state index in [1.54, 1.807) is 0 Å². The van der Waals surface area contributed by atoms with Crippen molar-refractivity contribution in [3.63, 3.8) is 0 Å². The number of Topliss-reactive ketones (excluding diaryl/α,β-unsaturated/α-hetero) is 1. The molecule has 0 aromatic rings. The molecule has 0 aromatic heterocycles. The van der Waals surface area contributed by atoms with E-state index in [-0.39, 0.29) is 5.92 Å². The molecule has 0 N–H and O–H groups in total. The van der Waals surface area contributed by atoms with E-state index in [1.807, 2.05) is 6.08 Å². The first-order valence-corrected chi connectivity index (χ1v) is 13.3. The van der Waals surface area contributed by atoms with Crippen LogP contribution in [0.1, 0.15) is 99.3 Å². The Hall–Kier alpha value is -0.920. The van der Waals surface area contributed by atoms with E-state index in [0.717, 1.165) is 18.8 Å². The fraction of sp³-hybridized carbons (Fsp3) is 0.862. The van der Waals surface area contributed by atoms with Crippen molar-refractivity contribution in [3.8, 4) is 0 Å². The van der Waals surface area contributed by atoms with E-state index in [1.165, 1.54) is 44.9 Å². The van der Waals surface area contributed by atoms with Gasteiger partial charge in [0.05, 0.1) is 0 Å². The molecule has 2 spiro atoms. The topological polar surface area (TPSA) is 34.1 Å². The molecule has 0 saturated heterocycles. The van der Waals surface area contributed by atoms with Gasteiger partial charge in [0, 0.05) is 18.8 Å². The molecule has 9 atom stereocenters. The zero-order valence-corrected chi connectivity index (χ0v) is 20.8. The minimum atomic E-state index is 0.217. The van der Waals surface area contributed by atoms with Gasteiger partial charge in [0.15, 0.2) is 5.78 Å². The maximum Gasteiger partial charge on any atom is 0.158 e. The Bertz CT molecular complexity index is 825. The fourth-order valence-corrected chi connectivity index (χ4v) is 10.3. The lowest BCUT2D eigenvalue weighted by atomic mass is 9.43. The van der Waals surface area contributed by atoms with Crippen molar-refractivity contribution < 1.29 is 9.59 Å². The lowest BCUT2D eigenvalue weighted by Gasteiger charge is -2.61. The number of hydrogen-bond acceptors (Lipinski definition) is 2. The van der Waals surface area contributed by atoms with Gasteiger partial charge in [0.25, 0.3) is 0 Å². The summed E-state index contributed by atoms with van der Waals surface area (Å²) in [4.78, 5) is 25.1. The van der Waals surface area contributed by atoms with E-state index in [2.05, 4.69) is 47.6 Å². The molecule has 0 unspecified atom stereocenters. The molecule has 31 heavy (non-hydrogen) atoms. The number of ketones is 2. The third-order valence-electron chi connectivity index (χ3n) is 11.9. The second-order valence-electron chi connectivity index (χ2n) is 13.4. The fourth-order valence-electron chi connectivity index (χ4n) is 10.3. The molecule has 5 aliphatic carbocycles. The summed E-state index contributed by atoms with van der Waals surface area (Å²) in [5.74, 6) is 4.09. The van der Waals surface area contributed by atoms with E-state index < -0.39 is 0 Å². The van der Waals surface area contributed by atoms with Gasteiger partial charge in [-0.2, -0.15) is 0 Å². The Morgan fingerprint density at radius 2 is 1.77 bits per heavy atom. The normalized spacial score (nSPS) is 51.0. The summed E-state index contributed by atoms with van der Waals surface area (Å²) in [6.45, 7) is 14.1. The molecule has 2 nitrogen and oxygen atoms in total. The molecule has 5 aliphatic rings. The minimum Gasteiger partial charge on any atom is -0.300 e. The second-order valence-corrected chi connectivity index (χ2v) is 13.4. The van der Waals surface area contributed by atoms with Crippen molar-refractivity contribution >= 4 is 11.6 Å². The molecule has 0 amide bonds. The molecule has 0 aromatic carbocycles. The third-order valence-corrected chi connectivity index (χ3v) is 11.9. The SMILES string of the molecule is CC(C)CC(=O)C[C@@H](C)[C@H]1CC[C@@]2(C)[C@@H]3CC[C@H]4[C@H](C)C(=O)C=C[C@@]45C[C@@]35CC[C@]12C. The molecular weight excluding hydrogens is 380 g/mol. The van der Waals surface area contributed by atoms with Crippen LogP contribution in [0.5, 0.6) is 0 Å². The highest BCUT2D eigenvalue weighted by atomic mass is 16.1. The van der Waals surface area contributed by atoms with Crippen LogP contribution >= 0.6 is 0 Å². The lowest BCUT2D eigenvalue weighted by Crippen LogP contribution is -2.55. The van der Waals surface area contributed by atoms with Crippen molar-refractivity contribution in [1.29, 1.82) is 0 Å². The lowest BCUT2D eigenvalue weighted by molar-refractivity contribution is -0.134. The second kappa shape index (κ2) is 6.80. The van der Waals surface area contributed by atoms with Gasteiger partial charge in [-0.15, -0.1) is 0 Å². The van der Waals surface area contributed by atoms with E-state index >= 15 is 0 Å². The molecule has 4 saturated carbocycles. The minimum absolute atomic E-state index is 0.217. The summed E-state index contributed by atoms with van der Waals surface area (Å²) >= 11 is 0. The van der Waals surface area contributed by atoms with Crippen LogP contribution in [0.25, 0.3) is 0 Å². The molecule has 0 aliphatic heterocycles. The van der Waals surface area contributed by atoms with Crippen LogP contribution < -0.4 is 0 Å². The number of fused-ring (bicyclic) bond motifs is 2. The quantitative estimate of drug-likeness (QED) is 0.475. The maximum absolute atomic E-state index is 12.6. The van der Waals surface area contributed by atoms with Crippen molar-refractivity contribution in [2.24, 2.45) is 57.2 Å². The van der Waals surface area contributed by atoms with Gasteiger partial charge in [-0.1, -0.05) is 47.6 Å². The molecule has 4 fully saturated rings. The van der Waals surface area contributed by atoms with Gasteiger partial charge in [-0.05, 0) is 102 Å². The summed E-state index contributed by atoms with van der Waals surface area (Å²) in [5.41, 5.74) is 1.53. The molecule has 172 valence electrons. The highest BCUT2D eigenvalue weighted by Gasteiger charge is 2.80. The largest absolute Gasteiger partial charge is 0.300 e. The molecule has 0 bridgehead atoms. The van der Waals surface area contributed by atoms with Crippen LogP contribution in [0.3, 0.4) is 0 Å². The van der Waals surface area contributed by atoms with Gasteiger partial charge in [0.2, 0.25) is 0 Å². The Morgan fingerprint density at radius 1 is 1.03 bits per heavy atom. The highest BCUT2D eigenvalue weighted by molar-refractivity contribution is 5.93. The number of carbonyl (C=O) groups is 2. The first kappa shape index (κ1) is 21.9. The monoisotopic (exact) mass is 424 g/mol. The zero-order chi connectivity index (χ0) is 22.4. The predicted octanol–water partition coefficient (Wildman–Crippen LogP) is 7.02. The average Bonchev–Trinajstić information content (AvgIpc) is 3.27. The first-order valence-electron chi connectivity index (χ1n) is 13.3. The van der Waals surface area contributed by atoms with Crippen LogP contribution in [-0.2, 0) is 9.59 Å². The Kier molecular flexibility index (Phi) is 4.80. The van der Waals surface area contributed by atoms with Gasteiger partial charge >= 0.3 is 0 Å². The molecule has 0 radical (unpaired) electrons. The van der Waals surface area contributed by atoms with Crippen LogP contribution in [0.2, 0.25) is 0 Å². The van der Waals surface area contributed by atoms with Crippen molar-refractivity contribution in [2.75, 3.05) is 0 Å². The molecule has 2 heteroatoms. The van der Waals surface area contributed by atoms with Crippen LogP contribution in [-0.4, -0.2) is 11.6 Å². The highest BCUT2D eigenvalue weighted by Crippen LogP contribution is 2.87. The van der Waals surface area contributed by atoms with Crippen LogP contribution in [0.4, 0.5) is 0 Å². The number of hydrogen-bond donors (Lipinski definition) is 0. The Labute approximate surface area is 190 Å². The Balaban J connectivity index is 1.41. The van der Waals surface area contributed by atoms with Gasteiger partial charge in [-0.3, -0.25) is 9.59 Å². The smallest absolute Gasteiger partial charge is 0.158 e. The van der Waals surface area contributed by atoms with Crippen LogP contribution in [0.15, 0.2) is 12.2 Å². The Morgan fingerprint density at radius 3 is 2.48 bits per heavy atom. The van der Waals surface area contributed by atoms with Crippen molar-refractivity contribution in [3.05, 3.63) is 12.2 Å². The predicted molar refractivity (Wildman–Crippen MR) is 125 cm³/mol. The summed E-state index contributed by atoms with van der Waals surface area (Å²) < 4.78 is 0. The molecule has 5 rings (SSSR count). The van der Waals surface area contributed by atoms with Crippen molar-refractivity contribution in [2.45, 2.75) is 99.3 Å². The third kappa shape index (κ3) is 2.69. The zero-order valence-electron chi connectivity index (χ0n) is 20.8. The summed E-state index contributed by atoms with van der Waals surface area (Å²) in [5, 5.41) is 0. The number of rotatable bonds is 5. The maximum atomic E-state index is 12.6. The number of allylic oxidation sites excluding steroid dienone is 2. The van der Waals surface area contributed by atoms with Gasteiger partial charge in [-0.25, -0.2) is 0 Å². The summed E-state index contributed by atoms with van der Waals surface area (Å²) in [6.07, 6.45) is 15.0. The number of carbonyl (C=O) groups excluding carboxylic acids is 2. The standard InChI is InChI=1S/C29H44O2/c1-18(2)15-21(30)16-19(3)22-9-11-27(6)25-8-7-23-20(4)24(31)10-12-28(23)17-29(25,28)14-13-26(22,27)5/h10,12,18-20,22-23,25H,7-9,11,13-17H2,1-6H3/t19-,20+,22-,23+,25+,26-,27+,28-,29+/m1/s1. The average molecular weight is 425 g/mol. The first-order chi connectivity index (χ1) is 14.5. The summed E-state index contributed by atoms with van der Waals surface area (Å²) in [7, 11) is 0.